The molecule has 3 N–H and O–H groups in total. The third-order valence-electron chi connectivity index (χ3n) is 2.90. The standard InChI is InChI=1S/C11H12N4S/c12-10-14-11(16-15-10)13-6-8-5-7-3-1-2-4-9(7)8/h1-4,8H,5-6H2,(H3,12,13,14,15). The highest BCUT2D eigenvalue weighted by Crippen LogP contribution is 2.34. The largest absolute Gasteiger partial charge is 0.367 e. The summed E-state index contributed by atoms with van der Waals surface area (Å²) >= 11 is 1.31. The van der Waals surface area contributed by atoms with Crippen LogP contribution in [0, 0.1) is 0 Å². The number of nitrogens with two attached hydrogens (primary N) is 1. The van der Waals surface area contributed by atoms with Crippen molar-refractivity contribution in [1.82, 2.24) is 9.36 Å². The van der Waals surface area contributed by atoms with Crippen molar-refractivity contribution in [1.29, 1.82) is 0 Å². The third kappa shape index (κ3) is 1.63. The van der Waals surface area contributed by atoms with Crippen LogP contribution in [0.1, 0.15) is 17.0 Å². The minimum atomic E-state index is 0.349. The Labute approximate surface area is 97.7 Å². The Morgan fingerprint density at radius 2 is 2.31 bits per heavy atom. The van der Waals surface area contributed by atoms with E-state index in [1.807, 2.05) is 0 Å². The molecule has 0 amide bonds. The molecular formula is C11H12N4S. The van der Waals surface area contributed by atoms with Crippen LogP contribution in [0.25, 0.3) is 0 Å². The molecule has 3 rings (SSSR count). The lowest BCUT2D eigenvalue weighted by molar-refractivity contribution is 0.635. The molecule has 0 saturated heterocycles. The SMILES string of the molecule is Nc1nsc(NCC2Cc3ccccc32)n1. The van der Waals surface area contributed by atoms with Gasteiger partial charge in [0.1, 0.15) is 0 Å². The average Bonchev–Trinajstić information content (AvgIpc) is 2.66. The average molecular weight is 232 g/mol. The smallest absolute Gasteiger partial charge is 0.233 e. The van der Waals surface area contributed by atoms with Gasteiger partial charge in [-0.15, -0.1) is 0 Å². The lowest BCUT2D eigenvalue weighted by atomic mass is 9.78. The maximum Gasteiger partial charge on any atom is 0.233 e. The first kappa shape index (κ1) is 9.59. The van der Waals surface area contributed by atoms with E-state index in [1.165, 1.54) is 22.7 Å². The quantitative estimate of drug-likeness (QED) is 0.848. The summed E-state index contributed by atoms with van der Waals surface area (Å²) < 4.78 is 3.93. The summed E-state index contributed by atoms with van der Waals surface area (Å²) in [6.45, 7) is 0.908. The second-order valence-corrected chi connectivity index (χ2v) is 4.69. The van der Waals surface area contributed by atoms with Gasteiger partial charge in [-0.25, -0.2) is 0 Å². The molecule has 1 aliphatic carbocycles. The number of nitrogens with zero attached hydrogens (tertiary/aromatic N) is 2. The number of hydrogen-bond acceptors (Lipinski definition) is 5. The zero-order chi connectivity index (χ0) is 11.0. The van der Waals surface area contributed by atoms with E-state index in [-0.39, 0.29) is 0 Å². The van der Waals surface area contributed by atoms with Crippen LogP contribution in [0.15, 0.2) is 24.3 Å². The zero-order valence-corrected chi connectivity index (χ0v) is 9.50. The van der Waals surface area contributed by atoms with Crippen LogP contribution in [0.4, 0.5) is 11.1 Å². The molecule has 1 heterocycles. The van der Waals surface area contributed by atoms with Crippen molar-refractivity contribution in [2.45, 2.75) is 12.3 Å². The highest BCUT2D eigenvalue weighted by atomic mass is 32.1. The first-order valence-electron chi connectivity index (χ1n) is 5.24. The minimum Gasteiger partial charge on any atom is -0.367 e. The Hall–Kier alpha value is -1.62. The molecular weight excluding hydrogens is 220 g/mol. The van der Waals surface area contributed by atoms with Gasteiger partial charge < -0.3 is 11.1 Å². The van der Waals surface area contributed by atoms with Crippen molar-refractivity contribution >= 4 is 22.6 Å². The van der Waals surface area contributed by atoms with Gasteiger partial charge in [0.05, 0.1) is 0 Å². The highest BCUT2D eigenvalue weighted by Gasteiger charge is 2.25. The maximum absolute atomic E-state index is 5.46. The molecule has 1 atom stereocenters. The number of fused-ring (bicyclic) bond motifs is 1. The van der Waals surface area contributed by atoms with Gasteiger partial charge in [0.15, 0.2) is 0 Å². The molecule has 0 fully saturated rings. The van der Waals surface area contributed by atoms with E-state index in [0.717, 1.165) is 18.1 Å². The number of nitrogens with one attached hydrogen (secondary N) is 1. The van der Waals surface area contributed by atoms with Crippen LogP contribution in [0.2, 0.25) is 0 Å². The van der Waals surface area contributed by atoms with Crippen molar-refractivity contribution in [2.75, 3.05) is 17.6 Å². The molecule has 1 aromatic heterocycles. The molecule has 0 bridgehead atoms. The van der Waals surface area contributed by atoms with Crippen molar-refractivity contribution in [3.8, 4) is 0 Å². The zero-order valence-electron chi connectivity index (χ0n) is 8.68. The molecule has 1 aliphatic rings. The van der Waals surface area contributed by atoms with E-state index in [2.05, 4.69) is 38.9 Å². The van der Waals surface area contributed by atoms with Gasteiger partial charge in [0.25, 0.3) is 0 Å². The number of hydrogen-bond donors (Lipinski definition) is 2. The van der Waals surface area contributed by atoms with E-state index in [4.69, 9.17) is 5.73 Å². The summed E-state index contributed by atoms with van der Waals surface area (Å²) in [4.78, 5) is 4.07. The third-order valence-corrected chi connectivity index (χ3v) is 3.59. The first-order chi connectivity index (χ1) is 7.83. The minimum absolute atomic E-state index is 0.349. The van der Waals surface area contributed by atoms with E-state index >= 15 is 0 Å². The Balaban J connectivity index is 1.63. The fourth-order valence-electron chi connectivity index (χ4n) is 2.06. The van der Waals surface area contributed by atoms with E-state index in [9.17, 15) is 0 Å². The Morgan fingerprint density at radius 1 is 1.44 bits per heavy atom. The second-order valence-electron chi connectivity index (χ2n) is 3.94. The summed E-state index contributed by atoms with van der Waals surface area (Å²) in [5, 5.41) is 4.08. The molecule has 82 valence electrons. The van der Waals surface area contributed by atoms with Crippen molar-refractivity contribution in [3.63, 3.8) is 0 Å². The lowest BCUT2D eigenvalue weighted by Gasteiger charge is -2.29. The monoisotopic (exact) mass is 232 g/mol. The van der Waals surface area contributed by atoms with Crippen molar-refractivity contribution in [3.05, 3.63) is 35.4 Å². The molecule has 0 radical (unpaired) electrons. The summed E-state index contributed by atoms with van der Waals surface area (Å²) in [5.74, 6) is 0.947. The second kappa shape index (κ2) is 3.75. The van der Waals surface area contributed by atoms with E-state index < -0.39 is 0 Å². The molecule has 4 nitrogen and oxygen atoms in total. The molecule has 5 heteroatoms. The summed E-state index contributed by atoms with van der Waals surface area (Å²) in [5.41, 5.74) is 8.37. The molecule has 2 aromatic rings. The number of nitrogen functional groups attached to an aromatic ring is 1. The van der Waals surface area contributed by atoms with Crippen LogP contribution in [0.3, 0.4) is 0 Å². The van der Waals surface area contributed by atoms with E-state index in [1.54, 1.807) is 0 Å². The van der Waals surface area contributed by atoms with Gasteiger partial charge in [0.2, 0.25) is 11.1 Å². The van der Waals surface area contributed by atoms with Gasteiger partial charge in [-0.3, -0.25) is 0 Å². The van der Waals surface area contributed by atoms with Gasteiger partial charge >= 0.3 is 0 Å². The molecule has 0 aliphatic heterocycles. The van der Waals surface area contributed by atoms with Gasteiger partial charge in [-0.2, -0.15) is 9.36 Å². The fraction of sp³-hybridized carbons (Fsp3) is 0.273. The van der Waals surface area contributed by atoms with Crippen molar-refractivity contribution in [2.24, 2.45) is 0 Å². The van der Waals surface area contributed by atoms with E-state index in [0.29, 0.717) is 11.9 Å². The summed E-state index contributed by atoms with van der Waals surface area (Å²) in [7, 11) is 0. The Bertz CT molecular complexity index is 508. The van der Waals surface area contributed by atoms with Crippen LogP contribution in [-0.4, -0.2) is 15.9 Å². The molecule has 0 saturated carbocycles. The highest BCUT2D eigenvalue weighted by molar-refractivity contribution is 7.09. The molecule has 1 unspecified atom stereocenters. The predicted molar refractivity (Wildman–Crippen MR) is 65.7 cm³/mol. The lowest BCUT2D eigenvalue weighted by Crippen LogP contribution is -2.24. The van der Waals surface area contributed by atoms with Crippen LogP contribution < -0.4 is 11.1 Å². The maximum atomic E-state index is 5.46. The van der Waals surface area contributed by atoms with Gasteiger partial charge in [-0.05, 0) is 17.5 Å². The van der Waals surface area contributed by atoms with Crippen molar-refractivity contribution < 1.29 is 0 Å². The fourth-order valence-corrected chi connectivity index (χ4v) is 2.57. The Morgan fingerprint density at radius 3 is 3.06 bits per heavy atom. The predicted octanol–water partition coefficient (Wildman–Crippen LogP) is 1.87. The van der Waals surface area contributed by atoms with Gasteiger partial charge in [-0.1, -0.05) is 24.3 Å². The topological polar surface area (TPSA) is 63.8 Å². The normalized spacial score (nSPS) is 17.6. The summed E-state index contributed by atoms with van der Waals surface area (Å²) in [6, 6.07) is 8.57. The summed E-state index contributed by atoms with van der Waals surface area (Å²) in [6.07, 6.45) is 1.15. The van der Waals surface area contributed by atoms with Crippen LogP contribution in [0.5, 0.6) is 0 Å². The molecule has 16 heavy (non-hydrogen) atoms. The number of benzene rings is 1. The number of aromatic nitrogens is 2. The number of rotatable bonds is 3. The Kier molecular flexibility index (Phi) is 2.25. The van der Waals surface area contributed by atoms with Crippen LogP contribution in [-0.2, 0) is 6.42 Å². The first-order valence-corrected chi connectivity index (χ1v) is 6.01. The molecule has 0 spiro atoms. The van der Waals surface area contributed by atoms with Gasteiger partial charge in [0, 0.05) is 24.0 Å². The molecule has 1 aromatic carbocycles. The number of anilines is 2. The van der Waals surface area contributed by atoms with Crippen LogP contribution >= 0.6 is 11.5 Å².